The Hall–Kier alpha value is -0.830. The number of nitrogens with zero attached hydrogens (tertiary/aromatic N) is 2. The van der Waals surface area contributed by atoms with Crippen LogP contribution in [0.25, 0.3) is 0 Å². The highest BCUT2D eigenvalue weighted by molar-refractivity contribution is 4.91. The van der Waals surface area contributed by atoms with E-state index in [2.05, 4.69) is 16.6 Å². The number of aromatic nitrogens is 2. The summed E-state index contributed by atoms with van der Waals surface area (Å²) in [6.07, 6.45) is 15.7. The average Bonchev–Trinajstić information content (AvgIpc) is 2.81. The summed E-state index contributed by atoms with van der Waals surface area (Å²) in [4.78, 5) is 4.35. The number of imidazole rings is 1. The smallest absolute Gasteiger partial charge is 0.108 e. The lowest BCUT2D eigenvalue weighted by molar-refractivity contribution is 0.320. The lowest BCUT2D eigenvalue weighted by atomic mass is 9.85. The van der Waals surface area contributed by atoms with Crippen molar-refractivity contribution in [1.29, 1.82) is 0 Å². The molecule has 0 amide bonds. The Labute approximate surface area is 111 Å². The molecule has 18 heavy (non-hydrogen) atoms. The van der Waals surface area contributed by atoms with Crippen molar-refractivity contribution in [3.05, 3.63) is 18.2 Å². The Morgan fingerprint density at radius 1 is 1.33 bits per heavy atom. The number of aryl methyl sites for hydroxylation is 2. The Morgan fingerprint density at radius 3 is 2.78 bits per heavy atom. The molecule has 1 heterocycles. The molecule has 3 nitrogen and oxygen atoms in total. The molecule has 1 fully saturated rings. The van der Waals surface area contributed by atoms with Gasteiger partial charge in [0.15, 0.2) is 0 Å². The van der Waals surface area contributed by atoms with E-state index in [1.807, 2.05) is 12.4 Å². The molecule has 102 valence electrons. The summed E-state index contributed by atoms with van der Waals surface area (Å²) in [7, 11) is 2.05. The maximum atomic E-state index is 6.22. The van der Waals surface area contributed by atoms with Crippen molar-refractivity contribution in [2.75, 3.05) is 0 Å². The molecule has 2 rings (SSSR count). The van der Waals surface area contributed by atoms with Crippen LogP contribution in [0.2, 0.25) is 0 Å². The largest absolute Gasteiger partial charge is 0.338 e. The van der Waals surface area contributed by atoms with Gasteiger partial charge in [0.2, 0.25) is 0 Å². The van der Waals surface area contributed by atoms with Gasteiger partial charge in [0, 0.05) is 31.9 Å². The minimum atomic E-state index is 0.351. The first-order valence-electron chi connectivity index (χ1n) is 7.47. The summed E-state index contributed by atoms with van der Waals surface area (Å²) in [6, 6.07) is 0.351. The van der Waals surface area contributed by atoms with Gasteiger partial charge in [-0.3, -0.25) is 0 Å². The molecule has 0 aliphatic heterocycles. The van der Waals surface area contributed by atoms with E-state index in [9.17, 15) is 0 Å². The molecule has 0 bridgehead atoms. The lowest BCUT2D eigenvalue weighted by Gasteiger charge is -2.22. The highest BCUT2D eigenvalue weighted by atomic mass is 15.0. The fourth-order valence-corrected chi connectivity index (χ4v) is 3.02. The molecule has 2 N–H and O–H groups in total. The van der Waals surface area contributed by atoms with Gasteiger partial charge < -0.3 is 10.3 Å². The molecule has 0 radical (unpaired) electrons. The molecule has 3 heteroatoms. The van der Waals surface area contributed by atoms with Crippen LogP contribution in [0.3, 0.4) is 0 Å². The van der Waals surface area contributed by atoms with E-state index in [4.69, 9.17) is 5.73 Å². The topological polar surface area (TPSA) is 43.8 Å². The van der Waals surface area contributed by atoms with E-state index >= 15 is 0 Å². The standard InChI is InChI=1S/C15H27N3/c1-18-12-11-17-15(18)10-9-14(16)8-7-13-5-3-2-4-6-13/h11-14H,2-10,16H2,1H3. The van der Waals surface area contributed by atoms with E-state index in [0.717, 1.165) is 24.6 Å². The van der Waals surface area contributed by atoms with Crippen LogP contribution in [0.1, 0.15) is 57.2 Å². The van der Waals surface area contributed by atoms with Gasteiger partial charge in [-0.2, -0.15) is 0 Å². The molecule has 1 aromatic rings. The van der Waals surface area contributed by atoms with Gasteiger partial charge in [-0.15, -0.1) is 0 Å². The van der Waals surface area contributed by atoms with Crippen molar-refractivity contribution >= 4 is 0 Å². The van der Waals surface area contributed by atoms with Crippen LogP contribution in [-0.4, -0.2) is 15.6 Å². The second-order valence-electron chi connectivity index (χ2n) is 5.83. The molecule has 1 atom stereocenters. The van der Waals surface area contributed by atoms with Gasteiger partial charge in [-0.1, -0.05) is 32.1 Å². The highest BCUT2D eigenvalue weighted by Gasteiger charge is 2.14. The normalized spacial score (nSPS) is 19.0. The molecular formula is C15H27N3. The first-order valence-corrected chi connectivity index (χ1v) is 7.47. The number of hydrogen-bond acceptors (Lipinski definition) is 2. The van der Waals surface area contributed by atoms with Gasteiger partial charge in [-0.05, 0) is 25.2 Å². The van der Waals surface area contributed by atoms with E-state index in [1.165, 1.54) is 44.9 Å². The third-order valence-corrected chi connectivity index (χ3v) is 4.33. The molecule has 1 unspecified atom stereocenters. The summed E-state index contributed by atoms with van der Waals surface area (Å²) < 4.78 is 2.09. The fourth-order valence-electron chi connectivity index (χ4n) is 3.02. The van der Waals surface area contributed by atoms with Gasteiger partial charge in [0.1, 0.15) is 5.82 Å². The van der Waals surface area contributed by atoms with E-state index in [0.29, 0.717) is 6.04 Å². The highest BCUT2D eigenvalue weighted by Crippen LogP contribution is 2.27. The SMILES string of the molecule is Cn1ccnc1CCC(N)CCC1CCCCC1. The van der Waals surface area contributed by atoms with E-state index in [1.54, 1.807) is 0 Å². The molecule has 0 saturated heterocycles. The lowest BCUT2D eigenvalue weighted by Crippen LogP contribution is -2.22. The van der Waals surface area contributed by atoms with Crippen LogP contribution in [0, 0.1) is 5.92 Å². The zero-order valence-electron chi connectivity index (χ0n) is 11.6. The summed E-state index contributed by atoms with van der Waals surface area (Å²) in [6.45, 7) is 0. The Kier molecular flexibility index (Phi) is 5.24. The van der Waals surface area contributed by atoms with Crippen LogP contribution < -0.4 is 5.73 Å². The van der Waals surface area contributed by atoms with Crippen molar-refractivity contribution in [3.63, 3.8) is 0 Å². The van der Waals surface area contributed by atoms with Crippen molar-refractivity contribution in [3.8, 4) is 0 Å². The Bertz CT molecular complexity index is 339. The first-order chi connectivity index (χ1) is 8.75. The van der Waals surface area contributed by atoms with Crippen molar-refractivity contribution in [2.24, 2.45) is 18.7 Å². The first kappa shape index (κ1) is 13.6. The van der Waals surface area contributed by atoms with E-state index < -0.39 is 0 Å². The van der Waals surface area contributed by atoms with Crippen LogP contribution in [0.5, 0.6) is 0 Å². The van der Waals surface area contributed by atoms with Gasteiger partial charge in [0.25, 0.3) is 0 Å². The summed E-state index contributed by atoms with van der Waals surface area (Å²) >= 11 is 0. The number of rotatable bonds is 6. The zero-order valence-corrected chi connectivity index (χ0v) is 11.6. The quantitative estimate of drug-likeness (QED) is 0.842. The third-order valence-electron chi connectivity index (χ3n) is 4.33. The Balaban J connectivity index is 1.62. The number of hydrogen-bond donors (Lipinski definition) is 1. The van der Waals surface area contributed by atoms with Crippen LogP contribution in [0.15, 0.2) is 12.4 Å². The molecule has 0 aromatic carbocycles. The molecule has 0 spiro atoms. The van der Waals surface area contributed by atoms with Gasteiger partial charge in [-0.25, -0.2) is 4.98 Å². The predicted molar refractivity (Wildman–Crippen MR) is 75.3 cm³/mol. The summed E-state index contributed by atoms with van der Waals surface area (Å²) in [5.74, 6) is 2.11. The van der Waals surface area contributed by atoms with Crippen LogP contribution >= 0.6 is 0 Å². The number of nitrogens with two attached hydrogens (primary N) is 1. The van der Waals surface area contributed by atoms with Crippen molar-refractivity contribution < 1.29 is 0 Å². The summed E-state index contributed by atoms with van der Waals surface area (Å²) in [5, 5.41) is 0. The van der Waals surface area contributed by atoms with E-state index in [-0.39, 0.29) is 0 Å². The minimum absolute atomic E-state index is 0.351. The molecule has 1 aromatic heterocycles. The Morgan fingerprint density at radius 2 is 2.11 bits per heavy atom. The maximum absolute atomic E-state index is 6.22. The predicted octanol–water partition coefficient (Wildman–Crippen LogP) is 3.04. The second-order valence-corrected chi connectivity index (χ2v) is 5.83. The fraction of sp³-hybridized carbons (Fsp3) is 0.800. The van der Waals surface area contributed by atoms with Crippen molar-refractivity contribution in [1.82, 2.24) is 9.55 Å². The monoisotopic (exact) mass is 249 g/mol. The molecule has 1 aliphatic rings. The van der Waals surface area contributed by atoms with Crippen LogP contribution in [-0.2, 0) is 13.5 Å². The molecule has 1 aliphatic carbocycles. The zero-order chi connectivity index (χ0) is 12.8. The minimum Gasteiger partial charge on any atom is -0.338 e. The average molecular weight is 249 g/mol. The van der Waals surface area contributed by atoms with Gasteiger partial charge in [0.05, 0.1) is 0 Å². The maximum Gasteiger partial charge on any atom is 0.108 e. The van der Waals surface area contributed by atoms with Crippen molar-refractivity contribution in [2.45, 2.75) is 63.8 Å². The van der Waals surface area contributed by atoms with Gasteiger partial charge >= 0.3 is 0 Å². The second kappa shape index (κ2) is 6.93. The third kappa shape index (κ3) is 4.13. The molecular weight excluding hydrogens is 222 g/mol. The molecule has 1 saturated carbocycles. The van der Waals surface area contributed by atoms with Crippen LogP contribution in [0.4, 0.5) is 0 Å². The summed E-state index contributed by atoms with van der Waals surface area (Å²) in [5.41, 5.74) is 6.22.